The minimum absolute atomic E-state index is 0.390. The minimum Gasteiger partial charge on any atom is -0.480 e. The second kappa shape index (κ2) is 10.1. The van der Waals surface area contributed by atoms with Crippen LogP contribution in [0.4, 0.5) is 4.79 Å². The van der Waals surface area contributed by atoms with Crippen LogP contribution in [0.15, 0.2) is 70.9 Å². The number of fused-ring (bicyclic) bond motifs is 5. The normalized spacial score (nSPS) is 22.4. The molecule has 0 aromatic rings. The number of allylic oxidation sites excluding steroid dienone is 10. The fourth-order valence-electron chi connectivity index (χ4n) is 5.78. The van der Waals surface area contributed by atoms with E-state index in [-0.39, 0.29) is 0 Å². The van der Waals surface area contributed by atoms with Crippen molar-refractivity contribution in [2.75, 3.05) is 7.05 Å². The number of carbonyl (C=O) groups excluding carboxylic acids is 3. The summed E-state index contributed by atoms with van der Waals surface area (Å²) in [4.78, 5) is 64.0. The van der Waals surface area contributed by atoms with Crippen LogP contribution in [0.3, 0.4) is 0 Å². The van der Waals surface area contributed by atoms with Crippen molar-refractivity contribution in [2.24, 2.45) is 11.3 Å². The van der Waals surface area contributed by atoms with Crippen molar-refractivity contribution in [3.8, 4) is 0 Å². The topological polar surface area (TPSA) is 160 Å². The number of nitrogens with one attached hydrogen (secondary N) is 1. The maximum absolute atomic E-state index is 14.8. The number of nitrogens with zero attached hydrogens (tertiary/aromatic N) is 1. The van der Waals surface area contributed by atoms with Gasteiger partial charge in [0.2, 0.25) is 19.6 Å². The van der Waals surface area contributed by atoms with Crippen LogP contribution in [0, 0.1) is 11.3 Å². The van der Waals surface area contributed by atoms with Gasteiger partial charge in [-0.15, -0.1) is 0 Å². The summed E-state index contributed by atoms with van der Waals surface area (Å²) < 4.78 is 25.0. The molecule has 2 amide bonds. The molecule has 0 aliphatic heterocycles. The molecule has 12 heteroatoms. The zero-order valence-corrected chi connectivity index (χ0v) is 24.0. The summed E-state index contributed by atoms with van der Waals surface area (Å²) in [6.45, 7) is 7.28. The third kappa shape index (κ3) is 3.94. The molecular weight excluding hydrogens is 539 g/mol. The number of ether oxygens (including phenoxy) is 2. The van der Waals surface area contributed by atoms with Crippen LogP contribution in [-0.4, -0.2) is 69.2 Å². The zero-order chi connectivity index (χ0) is 29.8. The van der Waals surface area contributed by atoms with Gasteiger partial charge in [0.25, 0.3) is 0 Å². The molecule has 4 unspecified atom stereocenters. The van der Waals surface area contributed by atoms with Crippen LogP contribution >= 0.6 is 7.37 Å². The summed E-state index contributed by atoms with van der Waals surface area (Å²) in [5.41, 5.74) is -0.0912. The van der Waals surface area contributed by atoms with Crippen molar-refractivity contribution in [1.29, 1.82) is 0 Å². The molecule has 0 fully saturated rings. The van der Waals surface area contributed by atoms with Crippen molar-refractivity contribution < 1.29 is 43.2 Å². The standard InChI is InChI=1S/C28H33N2O9P/c1-15(2)24(33)38-18(5)39-26(35)29-17(4)40(36,37)28(21-11-12-22(28)14-13-21)27(19-7-8-20(27)10-9-19)25(34)30(6)16(3)23(31)32/h7-18H,1-6H3,(H,29,35)(H,31,32)(H,36,37). The van der Waals surface area contributed by atoms with Gasteiger partial charge in [0.1, 0.15) is 22.4 Å². The lowest BCUT2D eigenvalue weighted by Crippen LogP contribution is -2.60. The third-order valence-electron chi connectivity index (χ3n) is 7.95. The van der Waals surface area contributed by atoms with E-state index in [1.807, 2.05) is 0 Å². The quantitative estimate of drug-likeness (QED) is 0.203. The van der Waals surface area contributed by atoms with E-state index in [0.29, 0.717) is 22.3 Å². The predicted octanol–water partition coefficient (Wildman–Crippen LogP) is 3.40. The molecule has 4 aliphatic carbocycles. The van der Waals surface area contributed by atoms with Gasteiger partial charge in [-0.2, -0.15) is 0 Å². The average Bonchev–Trinajstić information content (AvgIpc) is 3.64. The van der Waals surface area contributed by atoms with Gasteiger partial charge in [-0.25, -0.2) is 9.59 Å². The Hall–Kier alpha value is -3.69. The van der Waals surface area contributed by atoms with Gasteiger partial charge in [0.15, 0.2) is 0 Å². The van der Waals surface area contributed by atoms with Crippen LogP contribution in [0.25, 0.3) is 0 Å². The van der Waals surface area contributed by atoms with Crippen molar-refractivity contribution in [3.05, 3.63) is 70.9 Å². The monoisotopic (exact) mass is 572 g/mol. The van der Waals surface area contributed by atoms with Gasteiger partial charge in [-0.3, -0.25) is 14.2 Å². The zero-order valence-electron chi connectivity index (χ0n) is 23.1. The number of carbonyl (C=O) groups is 4. The molecule has 0 spiro atoms. The first-order valence-electron chi connectivity index (χ1n) is 12.9. The van der Waals surface area contributed by atoms with E-state index in [2.05, 4.69) is 5.32 Å². The fourth-order valence-corrected chi connectivity index (χ4v) is 8.52. The van der Waals surface area contributed by atoms with Crippen LogP contribution in [0.5, 0.6) is 0 Å². The predicted molar refractivity (Wildman–Crippen MR) is 145 cm³/mol. The Bertz CT molecular complexity index is 1370. The Morgan fingerprint density at radius 2 is 1.35 bits per heavy atom. The van der Waals surface area contributed by atoms with Gasteiger partial charge in [-0.1, -0.05) is 62.5 Å². The first-order chi connectivity index (χ1) is 18.6. The third-order valence-corrected chi connectivity index (χ3v) is 10.9. The second-order valence-corrected chi connectivity index (χ2v) is 13.2. The van der Waals surface area contributed by atoms with Gasteiger partial charge in [0.05, 0.1) is 5.92 Å². The van der Waals surface area contributed by atoms with Gasteiger partial charge < -0.3 is 29.7 Å². The van der Waals surface area contributed by atoms with Crippen LogP contribution in [0.1, 0.15) is 34.6 Å². The van der Waals surface area contributed by atoms with Crippen molar-refractivity contribution in [2.45, 2.75) is 57.9 Å². The number of aliphatic carboxylic acids is 1. The number of alkyl carbamates (subject to hydrolysis) is 1. The molecule has 0 saturated heterocycles. The van der Waals surface area contributed by atoms with Crippen LogP contribution in [0.2, 0.25) is 0 Å². The molecular formula is C28H33N2O9P. The lowest BCUT2D eigenvalue weighted by atomic mass is 9.65. The molecule has 0 heterocycles. The van der Waals surface area contributed by atoms with Crippen LogP contribution in [-0.2, 0) is 28.4 Å². The number of carboxylic acids is 1. The molecule has 4 atom stereocenters. The molecule has 214 valence electrons. The van der Waals surface area contributed by atoms with E-state index in [1.165, 1.54) is 27.8 Å². The number of amides is 2. The smallest absolute Gasteiger partial charge is 0.410 e. The molecule has 0 saturated carbocycles. The molecule has 4 aliphatic rings. The largest absolute Gasteiger partial charge is 0.480 e. The SMILES string of the molecule is CC(OC(=O)NC(C)P(=O)(O)C1(C2(C(=O)N(C)C(C)C(=O)O)C3=CC=C2C=C3)C2=CC=C1C=C2)OC(=O)C(C)C. The summed E-state index contributed by atoms with van der Waals surface area (Å²) >= 11 is 0. The van der Waals surface area contributed by atoms with E-state index >= 15 is 0 Å². The molecule has 4 rings (SSSR count). The van der Waals surface area contributed by atoms with Gasteiger partial charge in [-0.05, 0) is 36.1 Å². The minimum atomic E-state index is -4.68. The highest BCUT2D eigenvalue weighted by Gasteiger charge is 2.75. The highest BCUT2D eigenvalue weighted by molar-refractivity contribution is 7.61. The van der Waals surface area contributed by atoms with E-state index in [4.69, 9.17) is 9.47 Å². The Morgan fingerprint density at radius 1 is 0.875 bits per heavy atom. The highest BCUT2D eigenvalue weighted by Crippen LogP contribution is 2.78. The van der Waals surface area contributed by atoms with E-state index < -0.39 is 65.9 Å². The Balaban J connectivity index is 1.75. The Kier molecular flexibility index (Phi) is 7.36. The molecule has 0 aromatic heterocycles. The summed E-state index contributed by atoms with van der Waals surface area (Å²) in [5.74, 6) is -4.37. The number of rotatable bonds is 10. The van der Waals surface area contributed by atoms with E-state index in [9.17, 15) is 33.7 Å². The summed E-state index contributed by atoms with van der Waals surface area (Å²) in [6, 6.07) is -1.23. The lowest BCUT2D eigenvalue weighted by Gasteiger charge is -2.51. The van der Waals surface area contributed by atoms with Crippen molar-refractivity contribution >= 4 is 31.3 Å². The summed E-state index contributed by atoms with van der Waals surface area (Å²) in [6.07, 6.45) is 11.0. The molecule has 40 heavy (non-hydrogen) atoms. The fraction of sp³-hybridized carbons (Fsp3) is 0.429. The molecule has 3 N–H and O–H groups in total. The molecule has 11 nitrogen and oxygen atoms in total. The molecule has 0 aromatic carbocycles. The number of carboxylic acid groups (broad SMARTS) is 1. The van der Waals surface area contributed by atoms with Crippen LogP contribution < -0.4 is 5.32 Å². The highest BCUT2D eigenvalue weighted by atomic mass is 31.2. The van der Waals surface area contributed by atoms with E-state index in [1.54, 1.807) is 62.5 Å². The number of hydrogen-bond donors (Lipinski definition) is 3. The van der Waals surface area contributed by atoms with E-state index in [0.717, 1.165) is 4.90 Å². The maximum atomic E-state index is 14.8. The maximum Gasteiger partial charge on any atom is 0.410 e. The molecule has 0 radical (unpaired) electrons. The summed E-state index contributed by atoms with van der Waals surface area (Å²) in [5, 5.41) is 10.2. The first kappa shape index (κ1) is 29.3. The number of hydrogen-bond acceptors (Lipinski definition) is 7. The Morgan fingerprint density at radius 3 is 1.77 bits per heavy atom. The van der Waals surface area contributed by atoms with Crippen molar-refractivity contribution in [1.82, 2.24) is 10.2 Å². The number of likely N-dealkylation sites (N-methyl/N-ethyl adjacent to an activating group) is 1. The molecule has 4 bridgehead atoms. The first-order valence-corrected chi connectivity index (χ1v) is 14.6. The average molecular weight is 573 g/mol. The number of esters is 1. The van der Waals surface area contributed by atoms with Gasteiger partial charge >= 0.3 is 18.0 Å². The van der Waals surface area contributed by atoms with Gasteiger partial charge in [0, 0.05) is 14.0 Å². The summed E-state index contributed by atoms with van der Waals surface area (Å²) in [7, 11) is -3.33. The Labute approximate surface area is 232 Å². The second-order valence-electron chi connectivity index (χ2n) is 10.6. The van der Waals surface area contributed by atoms with Crippen molar-refractivity contribution in [3.63, 3.8) is 0 Å². The lowest BCUT2D eigenvalue weighted by molar-refractivity contribution is -0.168.